The average Bonchev–Trinajstić information content (AvgIpc) is 2.89. The maximum absolute atomic E-state index is 12.6. The normalized spacial score (nSPS) is 13.6. The number of rotatable bonds is 10. The van der Waals surface area contributed by atoms with Crippen LogP contribution in [0.5, 0.6) is 0 Å². The number of ketones is 1. The van der Waals surface area contributed by atoms with Crippen molar-refractivity contribution in [3.8, 4) is 0 Å². The van der Waals surface area contributed by atoms with Gasteiger partial charge in [0.25, 0.3) is 0 Å². The Morgan fingerprint density at radius 3 is 2.20 bits per heavy atom. The van der Waals surface area contributed by atoms with Crippen LogP contribution in [-0.2, 0) is 6.42 Å². The Morgan fingerprint density at radius 2 is 1.49 bits per heavy atom. The van der Waals surface area contributed by atoms with Crippen molar-refractivity contribution in [2.45, 2.75) is 39.0 Å². The number of para-hydroxylation sites is 1. The molecule has 1 saturated heterocycles. The molecule has 182 valence electrons. The molecule has 3 aromatic carbocycles. The van der Waals surface area contributed by atoms with Crippen molar-refractivity contribution in [1.29, 1.82) is 0 Å². The molecule has 0 aliphatic carbocycles. The Morgan fingerprint density at radius 1 is 0.771 bits per heavy atom. The minimum Gasteiger partial charge on any atom is -0.368 e. The van der Waals surface area contributed by atoms with Crippen LogP contribution in [0.3, 0.4) is 0 Å². The Bertz CT molecular complexity index is 1150. The van der Waals surface area contributed by atoms with E-state index in [4.69, 9.17) is 5.73 Å². The molecule has 1 aliphatic heterocycles. The first-order valence-electron chi connectivity index (χ1n) is 12.6. The number of aryl methyl sites for hydroxylation is 2. The zero-order valence-corrected chi connectivity index (χ0v) is 20.6. The Kier molecular flexibility index (Phi) is 8.19. The highest BCUT2D eigenvalue weighted by Gasteiger charge is 2.18. The number of amides is 1. The van der Waals surface area contributed by atoms with E-state index in [0.717, 1.165) is 63.0 Å². The molecular weight excluding hydrogens is 434 g/mol. The third kappa shape index (κ3) is 6.50. The van der Waals surface area contributed by atoms with E-state index >= 15 is 0 Å². The number of piperazine rings is 1. The first-order chi connectivity index (χ1) is 17.0. The Hall–Kier alpha value is -3.60. The molecule has 0 aromatic heterocycles. The number of primary amides is 1. The van der Waals surface area contributed by atoms with Gasteiger partial charge >= 0.3 is 0 Å². The van der Waals surface area contributed by atoms with Gasteiger partial charge in [0, 0.05) is 55.1 Å². The summed E-state index contributed by atoms with van der Waals surface area (Å²) in [7, 11) is 0. The third-order valence-corrected chi connectivity index (χ3v) is 6.87. The van der Waals surface area contributed by atoms with Gasteiger partial charge in [-0.05, 0) is 79.8 Å². The van der Waals surface area contributed by atoms with Gasteiger partial charge in [-0.15, -0.1) is 0 Å². The molecule has 0 radical (unpaired) electrons. The molecule has 5 heteroatoms. The number of carbonyl (C=O) groups is 2. The molecule has 0 spiro atoms. The van der Waals surface area contributed by atoms with Crippen molar-refractivity contribution >= 4 is 23.1 Å². The molecule has 0 bridgehead atoms. The fraction of sp³-hybridized carbons (Fsp3) is 0.333. The molecule has 1 aliphatic rings. The van der Waals surface area contributed by atoms with Gasteiger partial charge in [0.1, 0.15) is 0 Å². The van der Waals surface area contributed by atoms with Gasteiger partial charge in [0.05, 0.1) is 0 Å². The predicted octanol–water partition coefficient (Wildman–Crippen LogP) is 5.41. The smallest absolute Gasteiger partial charge is 0.248 e. The summed E-state index contributed by atoms with van der Waals surface area (Å²) in [5, 5.41) is 0. The molecule has 3 aromatic rings. The predicted molar refractivity (Wildman–Crippen MR) is 144 cm³/mol. The third-order valence-electron chi connectivity index (χ3n) is 6.87. The number of anilines is 2. The van der Waals surface area contributed by atoms with Crippen LogP contribution in [-0.4, -0.2) is 37.9 Å². The molecule has 1 fully saturated rings. The summed E-state index contributed by atoms with van der Waals surface area (Å²) in [4.78, 5) is 28.8. The first-order valence-corrected chi connectivity index (χ1v) is 12.6. The molecule has 2 N–H and O–H groups in total. The summed E-state index contributed by atoms with van der Waals surface area (Å²) < 4.78 is 0. The van der Waals surface area contributed by atoms with E-state index in [0.29, 0.717) is 12.0 Å². The van der Waals surface area contributed by atoms with Crippen molar-refractivity contribution in [2.75, 3.05) is 36.0 Å². The number of nitrogens with two attached hydrogens (primary N) is 1. The minimum absolute atomic E-state index is 0.205. The molecule has 35 heavy (non-hydrogen) atoms. The molecule has 0 saturated carbocycles. The number of carbonyl (C=O) groups excluding carboxylic acids is 2. The number of unbranched alkanes of at least 4 members (excludes halogenated alkanes) is 2. The van der Waals surface area contributed by atoms with E-state index < -0.39 is 5.91 Å². The van der Waals surface area contributed by atoms with Crippen LogP contribution in [0.1, 0.15) is 57.5 Å². The van der Waals surface area contributed by atoms with E-state index in [1.807, 2.05) is 30.3 Å². The fourth-order valence-corrected chi connectivity index (χ4v) is 4.80. The van der Waals surface area contributed by atoms with E-state index in [1.54, 1.807) is 6.07 Å². The summed E-state index contributed by atoms with van der Waals surface area (Å²) in [6.07, 6.45) is 4.30. The highest BCUT2D eigenvalue weighted by atomic mass is 16.1. The molecular formula is C30H35N3O2. The number of Topliss-reactive ketones (excluding diaryl/α,β-unsaturated/α-hetero) is 1. The number of nitrogens with zero attached hydrogens (tertiary/aromatic N) is 2. The van der Waals surface area contributed by atoms with Gasteiger partial charge in [-0.2, -0.15) is 0 Å². The van der Waals surface area contributed by atoms with Gasteiger partial charge < -0.3 is 15.5 Å². The van der Waals surface area contributed by atoms with E-state index in [9.17, 15) is 9.59 Å². The monoisotopic (exact) mass is 469 g/mol. The summed E-state index contributed by atoms with van der Waals surface area (Å²) in [5.74, 6) is -0.190. The molecule has 1 heterocycles. The van der Waals surface area contributed by atoms with Crippen molar-refractivity contribution in [1.82, 2.24) is 0 Å². The number of hydrogen-bond acceptors (Lipinski definition) is 4. The zero-order valence-electron chi connectivity index (χ0n) is 20.6. The van der Waals surface area contributed by atoms with Crippen molar-refractivity contribution in [2.24, 2.45) is 5.73 Å². The van der Waals surface area contributed by atoms with E-state index in [2.05, 4.69) is 53.1 Å². The largest absolute Gasteiger partial charge is 0.368 e. The van der Waals surface area contributed by atoms with Crippen LogP contribution >= 0.6 is 0 Å². The van der Waals surface area contributed by atoms with E-state index in [-0.39, 0.29) is 5.78 Å². The maximum Gasteiger partial charge on any atom is 0.248 e. The minimum atomic E-state index is -0.395. The maximum atomic E-state index is 12.6. The molecule has 4 rings (SSSR count). The van der Waals surface area contributed by atoms with Crippen molar-refractivity contribution < 1.29 is 9.59 Å². The topological polar surface area (TPSA) is 66.6 Å². The van der Waals surface area contributed by atoms with E-state index in [1.165, 1.54) is 16.9 Å². The molecule has 1 amide bonds. The molecule has 0 unspecified atom stereocenters. The highest BCUT2D eigenvalue weighted by Crippen LogP contribution is 2.24. The van der Waals surface area contributed by atoms with Crippen LogP contribution in [0.25, 0.3) is 0 Å². The van der Waals surface area contributed by atoms with Crippen LogP contribution in [0.2, 0.25) is 0 Å². The Balaban J connectivity index is 1.19. The van der Waals surface area contributed by atoms with Gasteiger partial charge in [0.2, 0.25) is 5.91 Å². The lowest BCUT2D eigenvalue weighted by Crippen LogP contribution is -2.46. The van der Waals surface area contributed by atoms with Gasteiger partial charge in [0.15, 0.2) is 5.78 Å². The lowest BCUT2D eigenvalue weighted by molar-refractivity contribution is 0.0976. The summed E-state index contributed by atoms with van der Waals surface area (Å²) in [6.45, 7) is 6.12. The highest BCUT2D eigenvalue weighted by molar-refractivity contribution is 5.96. The van der Waals surface area contributed by atoms with Crippen molar-refractivity contribution in [3.05, 3.63) is 95.1 Å². The fourth-order valence-electron chi connectivity index (χ4n) is 4.80. The Labute approximate surface area is 208 Å². The summed E-state index contributed by atoms with van der Waals surface area (Å²) in [5.41, 5.74) is 11.6. The second-order valence-corrected chi connectivity index (χ2v) is 9.36. The van der Waals surface area contributed by atoms with Crippen molar-refractivity contribution in [3.63, 3.8) is 0 Å². The second kappa shape index (κ2) is 11.7. The lowest BCUT2D eigenvalue weighted by Gasteiger charge is -2.38. The van der Waals surface area contributed by atoms with Gasteiger partial charge in [-0.1, -0.05) is 36.8 Å². The lowest BCUT2D eigenvalue weighted by atomic mass is 10.0. The van der Waals surface area contributed by atoms with Gasteiger partial charge in [-0.3, -0.25) is 9.59 Å². The summed E-state index contributed by atoms with van der Waals surface area (Å²) >= 11 is 0. The summed E-state index contributed by atoms with van der Waals surface area (Å²) in [6, 6.07) is 24.2. The number of hydrogen-bond donors (Lipinski definition) is 1. The van der Waals surface area contributed by atoms with Crippen LogP contribution < -0.4 is 15.5 Å². The first kappa shape index (κ1) is 24.5. The van der Waals surface area contributed by atoms with Crippen LogP contribution in [0.15, 0.2) is 72.8 Å². The molecule has 5 nitrogen and oxygen atoms in total. The number of benzene rings is 3. The zero-order chi connectivity index (χ0) is 24.6. The SMILES string of the molecule is Cc1ccccc1N1CCN(c2ccc(C(=O)CCCCCc3cccc(C(N)=O)c3)cc2)CC1. The second-order valence-electron chi connectivity index (χ2n) is 9.36. The molecule has 0 atom stereocenters. The average molecular weight is 470 g/mol. The quantitative estimate of drug-likeness (QED) is 0.319. The van der Waals surface area contributed by atoms with Gasteiger partial charge in [-0.25, -0.2) is 0 Å². The van der Waals surface area contributed by atoms with Crippen LogP contribution in [0, 0.1) is 6.92 Å². The van der Waals surface area contributed by atoms with Crippen LogP contribution in [0.4, 0.5) is 11.4 Å². The standard InChI is InChI=1S/C30H35N3O2/c1-23-8-5-6-12-28(23)33-20-18-32(19-21-33)27-16-14-25(15-17-27)29(34)13-4-2-3-9-24-10-7-11-26(22-24)30(31)35/h5-8,10-12,14-17,22H,2-4,9,13,18-21H2,1H3,(H2,31,35).